The van der Waals surface area contributed by atoms with Crippen molar-refractivity contribution in [2.24, 2.45) is 5.92 Å². The molecule has 1 saturated carbocycles. The molecule has 15 heavy (non-hydrogen) atoms. The van der Waals surface area contributed by atoms with Crippen molar-refractivity contribution in [1.82, 2.24) is 10.6 Å². The molecule has 2 N–H and O–H groups in total. The number of hydrogen-bond acceptors (Lipinski definition) is 2. The Morgan fingerprint density at radius 2 is 2.00 bits per heavy atom. The van der Waals surface area contributed by atoms with Gasteiger partial charge >= 0.3 is 0 Å². The van der Waals surface area contributed by atoms with Crippen molar-refractivity contribution in [3.63, 3.8) is 0 Å². The summed E-state index contributed by atoms with van der Waals surface area (Å²) in [5, 5.41) is 6.40. The molecule has 2 fully saturated rings. The molecule has 1 aliphatic heterocycles. The molecule has 1 saturated heterocycles. The SMILES string of the molecule is C[C@@H](NC(=O)C1CCCN1)C1CCCC1. The molecule has 0 spiro atoms. The minimum atomic E-state index is 0.0776. The first-order valence-electron chi connectivity index (χ1n) is 6.31. The van der Waals surface area contributed by atoms with Crippen LogP contribution in [0, 0.1) is 5.92 Å². The highest BCUT2D eigenvalue weighted by Gasteiger charge is 2.27. The van der Waals surface area contributed by atoms with Crippen molar-refractivity contribution >= 4 is 5.91 Å². The van der Waals surface area contributed by atoms with Crippen LogP contribution in [0.5, 0.6) is 0 Å². The van der Waals surface area contributed by atoms with Gasteiger partial charge in [0.25, 0.3) is 0 Å². The third kappa shape index (κ3) is 2.71. The standard InChI is InChI=1S/C12H22N2O/c1-9(10-5-2-3-6-10)14-12(15)11-7-4-8-13-11/h9-11,13H,2-8H2,1H3,(H,14,15)/t9-,11?/m1/s1. The number of hydrogen-bond donors (Lipinski definition) is 2. The smallest absolute Gasteiger partial charge is 0.237 e. The maximum absolute atomic E-state index is 11.8. The first-order chi connectivity index (χ1) is 7.27. The van der Waals surface area contributed by atoms with E-state index in [4.69, 9.17) is 0 Å². The zero-order chi connectivity index (χ0) is 10.7. The fourth-order valence-electron chi connectivity index (χ4n) is 2.81. The van der Waals surface area contributed by atoms with Gasteiger partial charge in [-0.05, 0) is 45.1 Å². The average Bonchev–Trinajstić information content (AvgIpc) is 2.91. The summed E-state index contributed by atoms with van der Waals surface area (Å²) in [5.41, 5.74) is 0. The van der Waals surface area contributed by atoms with Gasteiger partial charge in [-0.3, -0.25) is 4.79 Å². The van der Waals surface area contributed by atoms with E-state index in [-0.39, 0.29) is 11.9 Å². The van der Waals surface area contributed by atoms with E-state index in [0.29, 0.717) is 6.04 Å². The Balaban J connectivity index is 1.77. The summed E-state index contributed by atoms with van der Waals surface area (Å²) in [6.07, 6.45) is 7.40. The van der Waals surface area contributed by atoms with Crippen LogP contribution in [0.1, 0.15) is 45.4 Å². The molecule has 1 aliphatic carbocycles. The monoisotopic (exact) mass is 210 g/mol. The van der Waals surface area contributed by atoms with Crippen LogP contribution >= 0.6 is 0 Å². The van der Waals surface area contributed by atoms with Crippen molar-refractivity contribution in [3.05, 3.63) is 0 Å². The van der Waals surface area contributed by atoms with E-state index >= 15 is 0 Å². The van der Waals surface area contributed by atoms with Gasteiger partial charge in [0, 0.05) is 6.04 Å². The second-order valence-corrected chi connectivity index (χ2v) is 4.99. The van der Waals surface area contributed by atoms with E-state index in [9.17, 15) is 4.79 Å². The van der Waals surface area contributed by atoms with Crippen molar-refractivity contribution in [3.8, 4) is 0 Å². The number of carbonyl (C=O) groups is 1. The Morgan fingerprint density at radius 1 is 1.27 bits per heavy atom. The van der Waals surface area contributed by atoms with E-state index in [0.717, 1.165) is 25.3 Å². The lowest BCUT2D eigenvalue weighted by atomic mass is 9.99. The van der Waals surface area contributed by atoms with Gasteiger partial charge in [0.2, 0.25) is 5.91 Å². The van der Waals surface area contributed by atoms with Crippen molar-refractivity contribution in [2.75, 3.05) is 6.54 Å². The van der Waals surface area contributed by atoms with Crippen LogP contribution in [-0.4, -0.2) is 24.5 Å². The average molecular weight is 210 g/mol. The Morgan fingerprint density at radius 3 is 2.60 bits per heavy atom. The molecular formula is C12H22N2O. The molecule has 2 atom stereocenters. The van der Waals surface area contributed by atoms with Gasteiger partial charge < -0.3 is 10.6 Å². The lowest BCUT2D eigenvalue weighted by Crippen LogP contribution is -2.46. The van der Waals surface area contributed by atoms with Gasteiger partial charge in [-0.25, -0.2) is 0 Å². The third-order valence-corrected chi connectivity index (χ3v) is 3.85. The van der Waals surface area contributed by atoms with Crippen LogP contribution < -0.4 is 10.6 Å². The third-order valence-electron chi connectivity index (χ3n) is 3.85. The zero-order valence-corrected chi connectivity index (χ0v) is 9.59. The number of amides is 1. The van der Waals surface area contributed by atoms with E-state index in [2.05, 4.69) is 17.6 Å². The maximum atomic E-state index is 11.8. The zero-order valence-electron chi connectivity index (χ0n) is 9.59. The van der Waals surface area contributed by atoms with E-state index < -0.39 is 0 Å². The number of carbonyl (C=O) groups excluding carboxylic acids is 1. The van der Waals surface area contributed by atoms with Gasteiger partial charge in [0.15, 0.2) is 0 Å². The molecule has 86 valence electrons. The minimum Gasteiger partial charge on any atom is -0.352 e. The molecule has 0 radical (unpaired) electrons. The molecular weight excluding hydrogens is 188 g/mol. The van der Waals surface area contributed by atoms with Crippen molar-refractivity contribution in [2.45, 2.75) is 57.5 Å². The summed E-state index contributed by atoms with van der Waals surface area (Å²) in [5.74, 6) is 0.933. The van der Waals surface area contributed by atoms with Crippen LogP contribution in [0.25, 0.3) is 0 Å². The van der Waals surface area contributed by atoms with E-state index in [1.165, 1.54) is 25.7 Å². The molecule has 1 heterocycles. The van der Waals surface area contributed by atoms with Gasteiger partial charge in [0.1, 0.15) is 0 Å². The van der Waals surface area contributed by atoms with Crippen molar-refractivity contribution < 1.29 is 4.79 Å². The second-order valence-electron chi connectivity index (χ2n) is 4.99. The number of rotatable bonds is 3. The summed E-state index contributed by atoms with van der Waals surface area (Å²) in [7, 11) is 0. The van der Waals surface area contributed by atoms with Gasteiger partial charge in [-0.1, -0.05) is 12.8 Å². The summed E-state index contributed by atoms with van der Waals surface area (Å²) in [4.78, 5) is 11.8. The summed E-state index contributed by atoms with van der Waals surface area (Å²) in [6.45, 7) is 3.15. The van der Waals surface area contributed by atoms with Crippen molar-refractivity contribution in [1.29, 1.82) is 0 Å². The first-order valence-corrected chi connectivity index (χ1v) is 6.31. The largest absolute Gasteiger partial charge is 0.352 e. The summed E-state index contributed by atoms with van der Waals surface area (Å²) < 4.78 is 0. The van der Waals surface area contributed by atoms with E-state index in [1.807, 2.05) is 0 Å². The Bertz CT molecular complexity index is 218. The molecule has 0 bridgehead atoms. The molecule has 3 heteroatoms. The quantitative estimate of drug-likeness (QED) is 0.740. The first kappa shape index (κ1) is 10.9. The Labute approximate surface area is 92.0 Å². The lowest BCUT2D eigenvalue weighted by molar-refractivity contribution is -0.123. The molecule has 0 aromatic rings. The van der Waals surface area contributed by atoms with Gasteiger partial charge in [-0.15, -0.1) is 0 Å². The van der Waals surface area contributed by atoms with E-state index in [1.54, 1.807) is 0 Å². The molecule has 2 rings (SSSR count). The number of nitrogens with one attached hydrogen (secondary N) is 2. The topological polar surface area (TPSA) is 41.1 Å². The summed E-state index contributed by atoms with van der Waals surface area (Å²) in [6, 6.07) is 0.441. The molecule has 1 unspecified atom stereocenters. The van der Waals surface area contributed by atoms with Crippen LogP contribution in [-0.2, 0) is 4.79 Å². The van der Waals surface area contributed by atoms with Crippen LogP contribution in [0.15, 0.2) is 0 Å². The molecule has 2 aliphatic rings. The second kappa shape index (κ2) is 4.97. The lowest BCUT2D eigenvalue weighted by Gasteiger charge is -2.22. The predicted molar refractivity (Wildman–Crippen MR) is 60.6 cm³/mol. The van der Waals surface area contributed by atoms with Crippen LogP contribution in [0.2, 0.25) is 0 Å². The highest BCUT2D eigenvalue weighted by Crippen LogP contribution is 2.27. The molecule has 0 aromatic heterocycles. The summed E-state index contributed by atoms with van der Waals surface area (Å²) >= 11 is 0. The highest BCUT2D eigenvalue weighted by atomic mass is 16.2. The Kier molecular flexibility index (Phi) is 3.62. The molecule has 1 amide bonds. The predicted octanol–water partition coefficient (Wildman–Crippen LogP) is 1.43. The highest BCUT2D eigenvalue weighted by molar-refractivity contribution is 5.82. The Hall–Kier alpha value is -0.570. The van der Waals surface area contributed by atoms with Gasteiger partial charge in [-0.2, -0.15) is 0 Å². The fourth-order valence-corrected chi connectivity index (χ4v) is 2.81. The normalized spacial score (nSPS) is 29.3. The van der Waals surface area contributed by atoms with Gasteiger partial charge in [0.05, 0.1) is 6.04 Å². The minimum absolute atomic E-state index is 0.0776. The van der Waals surface area contributed by atoms with Crippen LogP contribution in [0.4, 0.5) is 0 Å². The molecule has 0 aromatic carbocycles. The van der Waals surface area contributed by atoms with Crippen LogP contribution in [0.3, 0.4) is 0 Å². The fraction of sp³-hybridized carbons (Fsp3) is 0.917. The molecule has 3 nitrogen and oxygen atoms in total. The maximum Gasteiger partial charge on any atom is 0.237 e.